The maximum Gasteiger partial charge on any atom is 0.329 e. The highest BCUT2D eigenvalue weighted by Gasteiger charge is 2.41. The van der Waals surface area contributed by atoms with Crippen LogP contribution in [0, 0.1) is 5.92 Å². The first-order valence-corrected chi connectivity index (χ1v) is 10.4. The van der Waals surface area contributed by atoms with Crippen molar-refractivity contribution in [2.45, 2.75) is 31.7 Å². The Morgan fingerprint density at radius 1 is 1.03 bits per heavy atom. The largest absolute Gasteiger partial charge is 0.469 e. The molecular weight excluding hydrogens is 398 g/mol. The van der Waals surface area contributed by atoms with E-state index < -0.39 is 18.0 Å². The number of urea groups is 1. The molecule has 4 rings (SSSR count). The molecule has 1 atom stereocenters. The van der Waals surface area contributed by atoms with Crippen molar-refractivity contribution < 1.29 is 23.9 Å². The van der Waals surface area contributed by atoms with E-state index in [1.165, 1.54) is 7.11 Å². The zero-order valence-electron chi connectivity index (χ0n) is 17.4. The predicted molar refractivity (Wildman–Crippen MR) is 114 cm³/mol. The van der Waals surface area contributed by atoms with E-state index in [9.17, 15) is 19.2 Å². The summed E-state index contributed by atoms with van der Waals surface area (Å²) in [7, 11) is 1.37. The van der Waals surface area contributed by atoms with Gasteiger partial charge in [0.2, 0.25) is 5.91 Å². The Kier molecular flexibility index (Phi) is 5.88. The van der Waals surface area contributed by atoms with Crippen molar-refractivity contribution in [2.24, 2.45) is 5.92 Å². The fourth-order valence-electron chi connectivity index (χ4n) is 4.31. The number of rotatable bonds is 5. The molecule has 0 aliphatic carbocycles. The second kappa shape index (κ2) is 8.75. The van der Waals surface area contributed by atoms with Crippen molar-refractivity contribution in [3.63, 3.8) is 0 Å². The quantitative estimate of drug-likeness (QED) is 0.589. The number of nitrogens with one attached hydrogen (secondary N) is 1. The van der Waals surface area contributed by atoms with Crippen molar-refractivity contribution in [1.29, 1.82) is 0 Å². The van der Waals surface area contributed by atoms with E-state index in [2.05, 4.69) is 5.32 Å². The van der Waals surface area contributed by atoms with Crippen LogP contribution in [0.15, 0.2) is 42.5 Å². The number of ether oxygens (including phenoxy) is 1. The van der Waals surface area contributed by atoms with Crippen LogP contribution in [0.2, 0.25) is 0 Å². The molecule has 2 aliphatic heterocycles. The number of carbonyl (C=O) groups excluding carboxylic acids is 4. The SMILES string of the molecule is COC(=O)CC1CCN(C(=O)CC2NC(=O)N(c3cccc4ccccc34)C2=O)CC1. The van der Waals surface area contributed by atoms with E-state index in [1.807, 2.05) is 30.3 Å². The lowest BCUT2D eigenvalue weighted by atomic mass is 9.93. The Labute approximate surface area is 180 Å². The van der Waals surface area contributed by atoms with Gasteiger partial charge in [-0.25, -0.2) is 9.69 Å². The van der Waals surface area contributed by atoms with E-state index >= 15 is 0 Å². The lowest BCUT2D eigenvalue weighted by Gasteiger charge is -2.32. The number of methoxy groups -OCH3 is 1. The summed E-state index contributed by atoms with van der Waals surface area (Å²) >= 11 is 0. The summed E-state index contributed by atoms with van der Waals surface area (Å²) in [5, 5.41) is 4.38. The molecule has 1 N–H and O–H groups in total. The lowest BCUT2D eigenvalue weighted by Crippen LogP contribution is -2.43. The molecule has 0 bridgehead atoms. The summed E-state index contributed by atoms with van der Waals surface area (Å²) in [6.07, 6.45) is 1.71. The average molecular weight is 423 g/mol. The van der Waals surface area contributed by atoms with Crippen molar-refractivity contribution in [1.82, 2.24) is 10.2 Å². The Hall–Kier alpha value is -3.42. The Morgan fingerprint density at radius 2 is 1.74 bits per heavy atom. The molecular formula is C23H25N3O5. The monoisotopic (exact) mass is 423 g/mol. The first kappa shape index (κ1) is 20.8. The fraction of sp³-hybridized carbons (Fsp3) is 0.391. The third kappa shape index (κ3) is 4.23. The van der Waals surface area contributed by atoms with E-state index in [0.29, 0.717) is 38.0 Å². The van der Waals surface area contributed by atoms with Gasteiger partial charge in [0.25, 0.3) is 5.91 Å². The maximum atomic E-state index is 13.0. The number of anilines is 1. The second-order valence-corrected chi connectivity index (χ2v) is 7.98. The number of benzene rings is 2. The molecule has 31 heavy (non-hydrogen) atoms. The van der Waals surface area contributed by atoms with Gasteiger partial charge in [0.1, 0.15) is 6.04 Å². The summed E-state index contributed by atoms with van der Waals surface area (Å²) in [6.45, 7) is 1.06. The van der Waals surface area contributed by atoms with Gasteiger partial charge in [-0.15, -0.1) is 0 Å². The molecule has 162 valence electrons. The summed E-state index contributed by atoms with van der Waals surface area (Å²) in [5.74, 6) is -0.631. The van der Waals surface area contributed by atoms with E-state index in [-0.39, 0.29) is 24.2 Å². The van der Waals surface area contributed by atoms with Crippen LogP contribution in [0.1, 0.15) is 25.7 Å². The van der Waals surface area contributed by atoms with Gasteiger partial charge in [-0.3, -0.25) is 14.4 Å². The summed E-state index contributed by atoms with van der Waals surface area (Å²) in [5.41, 5.74) is 0.513. The number of carbonyl (C=O) groups is 4. The molecule has 2 aromatic carbocycles. The standard InChI is InChI=1S/C23H25N3O5/c1-31-21(28)13-15-9-11-25(12-10-15)20(27)14-18-22(29)26(23(30)24-18)19-8-4-6-16-5-2-3-7-17(16)19/h2-8,15,18H,9-14H2,1H3,(H,24,30). The summed E-state index contributed by atoms with van der Waals surface area (Å²) in [6, 6.07) is 11.6. The van der Waals surface area contributed by atoms with E-state index in [4.69, 9.17) is 4.74 Å². The molecule has 0 radical (unpaired) electrons. The molecule has 4 amide bonds. The molecule has 1 unspecified atom stereocenters. The Morgan fingerprint density at radius 3 is 2.48 bits per heavy atom. The van der Waals surface area contributed by atoms with Gasteiger partial charge in [-0.2, -0.15) is 0 Å². The highest BCUT2D eigenvalue weighted by atomic mass is 16.5. The normalized spacial score (nSPS) is 19.6. The molecule has 8 heteroatoms. The van der Waals surface area contributed by atoms with Crippen LogP contribution < -0.4 is 10.2 Å². The number of hydrogen-bond donors (Lipinski definition) is 1. The van der Waals surface area contributed by atoms with E-state index in [1.54, 1.807) is 17.0 Å². The zero-order valence-corrected chi connectivity index (χ0v) is 17.4. The van der Waals surface area contributed by atoms with Crippen LogP contribution in [0.4, 0.5) is 10.5 Å². The molecule has 2 fully saturated rings. The average Bonchev–Trinajstić information content (AvgIpc) is 3.06. The molecule has 0 spiro atoms. The number of fused-ring (bicyclic) bond motifs is 1. The van der Waals surface area contributed by atoms with Crippen molar-refractivity contribution in [2.75, 3.05) is 25.1 Å². The van der Waals surface area contributed by atoms with Crippen LogP contribution in [0.3, 0.4) is 0 Å². The summed E-state index contributed by atoms with van der Waals surface area (Å²) < 4.78 is 4.71. The third-order valence-corrected chi connectivity index (χ3v) is 6.06. The van der Waals surface area contributed by atoms with Gasteiger partial charge < -0.3 is 15.0 Å². The van der Waals surface area contributed by atoms with Crippen LogP contribution in [-0.2, 0) is 19.1 Å². The first-order chi connectivity index (χ1) is 15.0. The second-order valence-electron chi connectivity index (χ2n) is 7.98. The topological polar surface area (TPSA) is 96.0 Å². The molecule has 0 saturated carbocycles. The van der Waals surface area contributed by atoms with Gasteiger partial charge in [0, 0.05) is 24.9 Å². The minimum Gasteiger partial charge on any atom is -0.469 e. The van der Waals surface area contributed by atoms with E-state index in [0.717, 1.165) is 15.7 Å². The number of hydrogen-bond acceptors (Lipinski definition) is 5. The number of nitrogens with zero attached hydrogens (tertiary/aromatic N) is 2. The third-order valence-electron chi connectivity index (χ3n) is 6.06. The Bertz CT molecular complexity index is 1020. The minimum atomic E-state index is -0.883. The van der Waals surface area contributed by atoms with Crippen molar-refractivity contribution in [3.05, 3.63) is 42.5 Å². The lowest BCUT2D eigenvalue weighted by molar-refractivity contribution is -0.142. The highest BCUT2D eigenvalue weighted by molar-refractivity contribution is 6.24. The Balaban J connectivity index is 1.40. The fourth-order valence-corrected chi connectivity index (χ4v) is 4.31. The molecule has 2 aliphatic rings. The molecule has 8 nitrogen and oxygen atoms in total. The van der Waals surface area contributed by atoms with Crippen LogP contribution in [0.25, 0.3) is 10.8 Å². The van der Waals surface area contributed by atoms with Gasteiger partial charge in [-0.1, -0.05) is 36.4 Å². The van der Waals surface area contributed by atoms with Gasteiger partial charge in [-0.05, 0) is 30.2 Å². The minimum absolute atomic E-state index is 0.0759. The highest BCUT2D eigenvalue weighted by Crippen LogP contribution is 2.30. The smallest absolute Gasteiger partial charge is 0.329 e. The number of amides is 4. The van der Waals surface area contributed by atoms with Crippen molar-refractivity contribution >= 4 is 40.3 Å². The first-order valence-electron chi connectivity index (χ1n) is 10.4. The molecule has 2 heterocycles. The molecule has 2 saturated heterocycles. The van der Waals surface area contributed by atoms with Crippen LogP contribution in [0.5, 0.6) is 0 Å². The van der Waals surface area contributed by atoms with Crippen LogP contribution in [-0.4, -0.2) is 55.0 Å². The summed E-state index contributed by atoms with van der Waals surface area (Å²) in [4.78, 5) is 52.6. The number of likely N-dealkylation sites (tertiary alicyclic amines) is 1. The number of piperidine rings is 1. The van der Waals surface area contributed by atoms with Gasteiger partial charge >= 0.3 is 12.0 Å². The molecule has 0 aromatic heterocycles. The van der Waals surface area contributed by atoms with Crippen LogP contribution >= 0.6 is 0 Å². The molecule has 2 aromatic rings. The zero-order chi connectivity index (χ0) is 22.0. The predicted octanol–water partition coefficient (Wildman–Crippen LogP) is 2.46. The maximum absolute atomic E-state index is 13.0. The number of imide groups is 1. The number of esters is 1. The van der Waals surface area contributed by atoms with Gasteiger partial charge in [0.15, 0.2) is 0 Å². The van der Waals surface area contributed by atoms with Gasteiger partial charge in [0.05, 0.1) is 19.2 Å². The van der Waals surface area contributed by atoms with Crippen molar-refractivity contribution in [3.8, 4) is 0 Å².